The number of ether oxygens (including phenoxy) is 1. The van der Waals surface area contributed by atoms with Crippen LogP contribution in [0.1, 0.15) is 69.9 Å². The third kappa shape index (κ3) is 4.23. The zero-order chi connectivity index (χ0) is 19.6. The van der Waals surface area contributed by atoms with E-state index in [1.165, 1.54) is 0 Å². The Morgan fingerprint density at radius 1 is 1.25 bits per heavy atom. The van der Waals surface area contributed by atoms with Crippen molar-refractivity contribution in [2.75, 3.05) is 6.61 Å². The van der Waals surface area contributed by atoms with Gasteiger partial charge in [0, 0.05) is 12.5 Å². The molecule has 1 aliphatic heterocycles. The van der Waals surface area contributed by atoms with E-state index in [1.54, 1.807) is 4.68 Å². The predicted octanol–water partition coefficient (Wildman–Crippen LogP) is 1.25. The molecule has 0 spiro atoms. The summed E-state index contributed by atoms with van der Waals surface area (Å²) in [6.45, 7) is 0.567. The van der Waals surface area contributed by atoms with Crippen molar-refractivity contribution >= 4 is 5.91 Å². The number of aromatic nitrogens is 3. The van der Waals surface area contributed by atoms with E-state index in [0.29, 0.717) is 12.2 Å². The summed E-state index contributed by atoms with van der Waals surface area (Å²) in [6.07, 6.45) is 10.6. The summed E-state index contributed by atoms with van der Waals surface area (Å²) >= 11 is 0. The number of nitrogens with one attached hydrogen (secondary N) is 1. The maximum absolute atomic E-state index is 12.2. The molecule has 3 fully saturated rings. The molecule has 4 rings (SSSR count). The van der Waals surface area contributed by atoms with Gasteiger partial charge in [-0.05, 0) is 44.9 Å². The van der Waals surface area contributed by atoms with E-state index in [4.69, 9.17) is 4.74 Å². The van der Waals surface area contributed by atoms with E-state index < -0.39 is 5.60 Å². The average Bonchev–Trinajstić information content (AvgIpc) is 3.29. The molecule has 1 saturated heterocycles. The number of carbonyl (C=O) groups excluding carboxylic acids is 1. The van der Waals surface area contributed by atoms with Gasteiger partial charge < -0.3 is 20.3 Å². The lowest BCUT2D eigenvalue weighted by molar-refractivity contribution is -0.134. The molecular weight excluding hydrogens is 360 g/mol. The first-order valence-electron chi connectivity index (χ1n) is 10.8. The van der Waals surface area contributed by atoms with Crippen molar-refractivity contribution in [2.45, 2.75) is 94.6 Å². The van der Waals surface area contributed by atoms with Gasteiger partial charge in [0.05, 0.1) is 24.9 Å². The van der Waals surface area contributed by atoms with Gasteiger partial charge in [-0.25, -0.2) is 0 Å². The summed E-state index contributed by atoms with van der Waals surface area (Å²) in [5.41, 5.74) is -0.144. The average molecular weight is 393 g/mol. The van der Waals surface area contributed by atoms with Crippen molar-refractivity contribution in [1.82, 2.24) is 20.3 Å². The van der Waals surface area contributed by atoms with E-state index >= 15 is 0 Å². The molecule has 2 saturated carbocycles. The highest BCUT2D eigenvalue weighted by molar-refractivity contribution is 5.79. The van der Waals surface area contributed by atoms with Crippen molar-refractivity contribution in [3.63, 3.8) is 0 Å². The molecule has 1 aromatic rings. The van der Waals surface area contributed by atoms with Gasteiger partial charge in [0.15, 0.2) is 0 Å². The van der Waals surface area contributed by atoms with Crippen LogP contribution in [-0.4, -0.2) is 56.0 Å². The summed E-state index contributed by atoms with van der Waals surface area (Å²) in [5.74, 6) is 0.255. The fraction of sp³-hybridized carbons (Fsp3) is 0.850. The van der Waals surface area contributed by atoms with Crippen molar-refractivity contribution in [3.8, 4) is 0 Å². The Kier molecular flexibility index (Phi) is 5.99. The van der Waals surface area contributed by atoms with Gasteiger partial charge in [-0.1, -0.05) is 24.5 Å². The highest BCUT2D eigenvalue weighted by Gasteiger charge is 2.36. The van der Waals surface area contributed by atoms with Gasteiger partial charge in [0.1, 0.15) is 17.4 Å². The SMILES string of the molecule is O=C(N[C@H]1CC[C@H](CCn2cc(C3(O)CCCC3)nn2)O[C@@H]1CO)C1CCC1. The van der Waals surface area contributed by atoms with Crippen LogP contribution in [0.5, 0.6) is 0 Å². The number of amides is 1. The van der Waals surface area contributed by atoms with Gasteiger partial charge in [0.25, 0.3) is 0 Å². The van der Waals surface area contributed by atoms with Gasteiger partial charge in [-0.2, -0.15) is 0 Å². The molecule has 0 aromatic carbocycles. The molecular formula is C20H32N4O4. The predicted molar refractivity (Wildman–Crippen MR) is 101 cm³/mol. The van der Waals surface area contributed by atoms with E-state index in [-0.39, 0.29) is 36.7 Å². The smallest absolute Gasteiger partial charge is 0.223 e. The maximum atomic E-state index is 12.2. The zero-order valence-electron chi connectivity index (χ0n) is 16.4. The number of aryl methyl sites for hydroxylation is 1. The lowest BCUT2D eigenvalue weighted by atomic mass is 9.84. The second-order valence-electron chi connectivity index (χ2n) is 8.69. The Morgan fingerprint density at radius 3 is 2.71 bits per heavy atom. The summed E-state index contributed by atoms with van der Waals surface area (Å²) < 4.78 is 7.82. The Morgan fingerprint density at radius 2 is 2.04 bits per heavy atom. The third-order valence-corrected chi connectivity index (χ3v) is 6.73. The molecule has 1 aromatic heterocycles. The molecule has 0 bridgehead atoms. The number of nitrogens with zero attached hydrogens (tertiary/aromatic N) is 3. The quantitative estimate of drug-likeness (QED) is 0.644. The largest absolute Gasteiger partial charge is 0.394 e. The van der Waals surface area contributed by atoms with E-state index in [2.05, 4.69) is 15.6 Å². The van der Waals surface area contributed by atoms with Crippen molar-refractivity contribution in [1.29, 1.82) is 0 Å². The summed E-state index contributed by atoms with van der Waals surface area (Å²) in [6, 6.07) is -0.107. The first-order valence-corrected chi connectivity index (χ1v) is 10.8. The van der Waals surface area contributed by atoms with Gasteiger partial charge in [-0.15, -0.1) is 5.10 Å². The molecule has 3 atom stereocenters. The number of carbonyl (C=O) groups is 1. The Labute approximate surface area is 165 Å². The Balaban J connectivity index is 1.26. The lowest BCUT2D eigenvalue weighted by Gasteiger charge is -2.37. The fourth-order valence-electron chi connectivity index (χ4n) is 4.59. The molecule has 156 valence electrons. The lowest BCUT2D eigenvalue weighted by Crippen LogP contribution is -2.52. The summed E-state index contributed by atoms with van der Waals surface area (Å²) in [4.78, 5) is 12.2. The molecule has 0 unspecified atom stereocenters. The standard InChI is InChI=1S/C20H32N4O4/c25-13-17-16(21-19(26)14-4-3-5-14)7-6-15(28-17)8-11-24-12-18(22-23-24)20(27)9-1-2-10-20/h12,14-17,25,27H,1-11,13H2,(H,21,26)/t15-,16+,17-/m1/s1. The Hall–Kier alpha value is -1.51. The second-order valence-corrected chi connectivity index (χ2v) is 8.69. The molecule has 8 nitrogen and oxygen atoms in total. The van der Waals surface area contributed by atoms with E-state index in [0.717, 1.165) is 64.2 Å². The van der Waals surface area contributed by atoms with Crippen molar-refractivity contribution in [2.24, 2.45) is 5.92 Å². The monoisotopic (exact) mass is 392 g/mol. The number of hydrogen-bond acceptors (Lipinski definition) is 6. The van der Waals surface area contributed by atoms with Crippen LogP contribution in [0.4, 0.5) is 0 Å². The minimum absolute atomic E-state index is 0.0243. The molecule has 1 amide bonds. The number of aliphatic hydroxyl groups is 2. The molecule has 28 heavy (non-hydrogen) atoms. The second kappa shape index (κ2) is 8.47. The van der Waals surface area contributed by atoms with Crippen LogP contribution in [0, 0.1) is 5.92 Å². The first-order chi connectivity index (χ1) is 13.6. The number of aliphatic hydroxyl groups excluding tert-OH is 1. The molecule has 0 radical (unpaired) electrons. The Bertz CT molecular complexity index is 669. The molecule has 2 aliphatic carbocycles. The molecule has 2 heterocycles. The van der Waals surface area contributed by atoms with Crippen LogP contribution in [0.15, 0.2) is 6.20 Å². The normalized spacial score (nSPS) is 30.1. The highest BCUT2D eigenvalue weighted by atomic mass is 16.5. The van der Waals surface area contributed by atoms with Crippen LogP contribution in [-0.2, 0) is 21.7 Å². The fourth-order valence-corrected chi connectivity index (χ4v) is 4.59. The van der Waals surface area contributed by atoms with Crippen molar-refractivity contribution < 1.29 is 19.7 Å². The van der Waals surface area contributed by atoms with Crippen LogP contribution in [0.2, 0.25) is 0 Å². The molecule has 3 aliphatic rings. The number of rotatable bonds is 7. The zero-order valence-corrected chi connectivity index (χ0v) is 16.4. The van der Waals surface area contributed by atoms with Gasteiger partial charge >= 0.3 is 0 Å². The minimum Gasteiger partial charge on any atom is -0.394 e. The topological polar surface area (TPSA) is 110 Å². The van der Waals surface area contributed by atoms with E-state index in [9.17, 15) is 15.0 Å². The van der Waals surface area contributed by atoms with E-state index in [1.807, 2.05) is 6.20 Å². The van der Waals surface area contributed by atoms with Crippen LogP contribution in [0.25, 0.3) is 0 Å². The van der Waals surface area contributed by atoms with Crippen molar-refractivity contribution in [3.05, 3.63) is 11.9 Å². The van der Waals surface area contributed by atoms with Crippen LogP contribution >= 0.6 is 0 Å². The van der Waals surface area contributed by atoms with Crippen LogP contribution in [0.3, 0.4) is 0 Å². The maximum Gasteiger partial charge on any atom is 0.223 e. The minimum atomic E-state index is -0.812. The first kappa shape index (κ1) is 19.8. The summed E-state index contributed by atoms with van der Waals surface area (Å²) in [5, 5.41) is 31.7. The summed E-state index contributed by atoms with van der Waals surface area (Å²) in [7, 11) is 0. The van der Waals surface area contributed by atoms with Gasteiger partial charge in [0.2, 0.25) is 5.91 Å². The third-order valence-electron chi connectivity index (χ3n) is 6.73. The number of hydrogen-bond donors (Lipinski definition) is 3. The molecule has 8 heteroatoms. The molecule has 3 N–H and O–H groups in total. The highest BCUT2D eigenvalue weighted by Crippen LogP contribution is 2.37. The van der Waals surface area contributed by atoms with Crippen LogP contribution < -0.4 is 5.32 Å². The van der Waals surface area contributed by atoms with Gasteiger partial charge in [-0.3, -0.25) is 9.48 Å².